The number of nitrogens with two attached hydrogens (primary N) is 1. The van der Waals surface area contributed by atoms with Crippen molar-refractivity contribution in [3.05, 3.63) is 29.9 Å². The van der Waals surface area contributed by atoms with Crippen LogP contribution in [0.2, 0.25) is 0 Å². The van der Waals surface area contributed by atoms with Crippen LogP contribution >= 0.6 is 12.4 Å². The Morgan fingerprint density at radius 2 is 1.81 bits per heavy atom. The summed E-state index contributed by atoms with van der Waals surface area (Å²) >= 11 is 0. The number of benzene rings is 1. The highest BCUT2D eigenvalue weighted by Gasteiger charge is 2.36. The summed E-state index contributed by atoms with van der Waals surface area (Å²) in [4.78, 5) is 4.51. The molecule has 1 aromatic carbocycles. The Morgan fingerprint density at radius 1 is 1.11 bits per heavy atom. The van der Waals surface area contributed by atoms with Gasteiger partial charge in [0.1, 0.15) is 13.2 Å². The summed E-state index contributed by atoms with van der Waals surface area (Å²) in [5.74, 6) is 1.64. The van der Waals surface area contributed by atoms with Gasteiger partial charge in [-0.3, -0.25) is 0 Å². The molecule has 2 aliphatic rings. The van der Waals surface area contributed by atoms with E-state index in [9.17, 15) is 8.42 Å². The van der Waals surface area contributed by atoms with Crippen LogP contribution in [-0.4, -0.2) is 37.5 Å². The fraction of sp³-hybridized carbons (Fsp3) is 0.529. The van der Waals surface area contributed by atoms with Crippen LogP contribution in [0.25, 0.3) is 0 Å². The number of ether oxygens (including phenoxy) is 2. The van der Waals surface area contributed by atoms with E-state index in [4.69, 9.17) is 19.7 Å². The molecule has 0 spiro atoms. The molecule has 0 amide bonds. The van der Waals surface area contributed by atoms with Crippen molar-refractivity contribution in [3.8, 4) is 11.5 Å². The van der Waals surface area contributed by atoms with Crippen LogP contribution in [0.3, 0.4) is 0 Å². The maximum atomic E-state index is 12.6. The Balaban J connectivity index is 0.00000210. The van der Waals surface area contributed by atoms with Crippen molar-refractivity contribution in [2.45, 2.75) is 42.5 Å². The van der Waals surface area contributed by atoms with E-state index in [1.807, 2.05) is 0 Å². The topological polar surface area (TPSA) is 118 Å². The molecule has 1 aliphatic heterocycles. The summed E-state index contributed by atoms with van der Waals surface area (Å²) in [5.41, 5.74) is 5.76. The number of nitrogens with zero attached hydrogens (tertiary/aromatic N) is 2. The molecule has 0 bridgehead atoms. The molecule has 0 radical (unpaired) electrons. The molecule has 2 N–H and O–H groups in total. The van der Waals surface area contributed by atoms with Crippen molar-refractivity contribution in [1.82, 2.24) is 10.1 Å². The van der Waals surface area contributed by atoms with Gasteiger partial charge in [-0.25, -0.2) is 8.42 Å². The van der Waals surface area contributed by atoms with E-state index in [0.29, 0.717) is 30.5 Å². The van der Waals surface area contributed by atoms with Crippen LogP contribution in [0.5, 0.6) is 11.5 Å². The van der Waals surface area contributed by atoms with Crippen LogP contribution < -0.4 is 15.2 Å². The molecule has 27 heavy (non-hydrogen) atoms. The second kappa shape index (κ2) is 7.65. The van der Waals surface area contributed by atoms with Gasteiger partial charge in [0.2, 0.25) is 5.89 Å². The molecule has 0 atom stereocenters. The summed E-state index contributed by atoms with van der Waals surface area (Å²) in [5, 5.41) is 3.96. The summed E-state index contributed by atoms with van der Waals surface area (Å²) in [6, 6.07) is 4.64. The Kier molecular flexibility index (Phi) is 5.64. The van der Waals surface area contributed by atoms with Crippen LogP contribution in [-0.2, 0) is 21.8 Å². The number of halogens is 1. The van der Waals surface area contributed by atoms with Crippen molar-refractivity contribution >= 4 is 22.2 Å². The average molecular weight is 416 g/mol. The Bertz CT molecular complexity index is 909. The normalized spacial score (nSPS) is 18.1. The zero-order chi connectivity index (χ0) is 18.2. The molecule has 0 unspecified atom stereocenters. The van der Waals surface area contributed by atoms with E-state index in [1.165, 1.54) is 12.1 Å². The van der Waals surface area contributed by atoms with E-state index in [0.717, 1.165) is 25.7 Å². The Labute approximate surface area is 163 Å². The van der Waals surface area contributed by atoms with Crippen molar-refractivity contribution in [1.29, 1.82) is 0 Å². The predicted octanol–water partition coefficient (Wildman–Crippen LogP) is 2.01. The van der Waals surface area contributed by atoms with Gasteiger partial charge in [-0.1, -0.05) is 18.0 Å². The SMILES string of the molecule is Cl.NC1(c2noc(CCS(=O)(=O)c3ccc4c(c3)OCCO4)n2)CCCC1. The molecule has 2 heterocycles. The quantitative estimate of drug-likeness (QED) is 0.787. The molecule has 8 nitrogen and oxygen atoms in total. The highest BCUT2D eigenvalue weighted by Crippen LogP contribution is 2.35. The second-order valence-corrected chi connectivity index (χ2v) is 8.86. The summed E-state index contributed by atoms with van der Waals surface area (Å²) < 4.78 is 41.3. The number of sulfone groups is 1. The highest BCUT2D eigenvalue weighted by molar-refractivity contribution is 7.91. The molecular weight excluding hydrogens is 394 g/mol. The van der Waals surface area contributed by atoms with Crippen LogP contribution in [0, 0.1) is 0 Å². The van der Waals surface area contributed by atoms with Gasteiger partial charge in [0.15, 0.2) is 27.2 Å². The van der Waals surface area contributed by atoms with Gasteiger partial charge in [-0.05, 0) is 25.0 Å². The van der Waals surface area contributed by atoms with E-state index in [2.05, 4.69) is 10.1 Å². The van der Waals surface area contributed by atoms with Crippen LogP contribution in [0.4, 0.5) is 0 Å². The van der Waals surface area contributed by atoms with E-state index in [-0.39, 0.29) is 35.4 Å². The smallest absolute Gasteiger partial charge is 0.227 e. The lowest BCUT2D eigenvalue weighted by molar-refractivity contribution is 0.171. The average Bonchev–Trinajstić information content (AvgIpc) is 3.30. The van der Waals surface area contributed by atoms with Crippen molar-refractivity contribution < 1.29 is 22.4 Å². The van der Waals surface area contributed by atoms with E-state index >= 15 is 0 Å². The molecule has 1 saturated carbocycles. The summed E-state index contributed by atoms with van der Waals surface area (Å²) in [6.07, 6.45) is 3.86. The first-order valence-corrected chi connectivity index (χ1v) is 10.4. The lowest BCUT2D eigenvalue weighted by Gasteiger charge is -2.18. The first-order chi connectivity index (χ1) is 12.5. The molecule has 10 heteroatoms. The second-order valence-electron chi connectivity index (χ2n) is 6.75. The summed E-state index contributed by atoms with van der Waals surface area (Å²) in [6.45, 7) is 0.864. The molecule has 1 aromatic heterocycles. The fourth-order valence-electron chi connectivity index (χ4n) is 3.34. The maximum Gasteiger partial charge on any atom is 0.227 e. The van der Waals surface area contributed by atoms with Gasteiger partial charge < -0.3 is 19.7 Å². The van der Waals surface area contributed by atoms with Crippen molar-refractivity contribution in [2.24, 2.45) is 5.73 Å². The summed E-state index contributed by atoms with van der Waals surface area (Å²) in [7, 11) is -3.51. The molecular formula is C17H22ClN3O5S. The molecule has 0 saturated heterocycles. The van der Waals surface area contributed by atoms with Gasteiger partial charge in [0, 0.05) is 12.5 Å². The zero-order valence-corrected chi connectivity index (χ0v) is 16.4. The number of hydrogen-bond donors (Lipinski definition) is 1. The largest absolute Gasteiger partial charge is 0.486 e. The third-order valence-electron chi connectivity index (χ3n) is 4.87. The minimum atomic E-state index is -3.51. The first kappa shape index (κ1) is 19.9. The number of hydrogen-bond acceptors (Lipinski definition) is 8. The molecule has 2 aromatic rings. The monoisotopic (exact) mass is 415 g/mol. The van der Waals surface area contributed by atoms with Crippen molar-refractivity contribution in [2.75, 3.05) is 19.0 Å². The van der Waals surface area contributed by atoms with Gasteiger partial charge in [-0.2, -0.15) is 4.98 Å². The van der Waals surface area contributed by atoms with Gasteiger partial charge in [0.05, 0.1) is 16.2 Å². The number of aromatic nitrogens is 2. The zero-order valence-electron chi connectivity index (χ0n) is 14.7. The predicted molar refractivity (Wildman–Crippen MR) is 99.1 cm³/mol. The molecule has 4 rings (SSSR count). The maximum absolute atomic E-state index is 12.6. The molecule has 1 fully saturated rings. The third kappa shape index (κ3) is 4.04. The van der Waals surface area contributed by atoms with Crippen LogP contribution in [0.1, 0.15) is 37.4 Å². The first-order valence-electron chi connectivity index (χ1n) is 8.71. The van der Waals surface area contributed by atoms with Crippen molar-refractivity contribution in [3.63, 3.8) is 0 Å². The molecule has 1 aliphatic carbocycles. The number of fused-ring (bicyclic) bond motifs is 1. The van der Waals surface area contributed by atoms with Gasteiger partial charge in [0.25, 0.3) is 0 Å². The van der Waals surface area contributed by atoms with E-state index < -0.39 is 15.4 Å². The third-order valence-corrected chi connectivity index (χ3v) is 6.58. The standard InChI is InChI=1S/C17H21N3O5S.ClH/c18-17(6-1-2-7-17)16-19-15(25-20-16)5-10-26(21,22)12-3-4-13-14(11-12)24-9-8-23-13;/h3-4,11H,1-2,5-10,18H2;1H. The number of aryl methyl sites for hydroxylation is 1. The Hall–Kier alpha value is -1.84. The lowest BCUT2D eigenvalue weighted by atomic mass is 9.99. The fourth-order valence-corrected chi connectivity index (χ4v) is 4.59. The Morgan fingerprint density at radius 3 is 2.56 bits per heavy atom. The minimum Gasteiger partial charge on any atom is -0.486 e. The minimum absolute atomic E-state index is 0. The van der Waals surface area contributed by atoms with E-state index in [1.54, 1.807) is 6.07 Å². The van der Waals surface area contributed by atoms with Gasteiger partial charge in [-0.15, -0.1) is 12.4 Å². The molecule has 148 valence electrons. The van der Waals surface area contributed by atoms with Gasteiger partial charge >= 0.3 is 0 Å². The highest BCUT2D eigenvalue weighted by atomic mass is 35.5. The lowest BCUT2D eigenvalue weighted by Crippen LogP contribution is -2.34. The van der Waals surface area contributed by atoms with Crippen LogP contribution in [0.15, 0.2) is 27.6 Å². The number of rotatable bonds is 5.